The first-order valence-corrected chi connectivity index (χ1v) is 7.74. The molecule has 6 nitrogen and oxygen atoms in total. The second kappa shape index (κ2) is 7.92. The smallest absolute Gasteiger partial charge is 0.233 e. The van der Waals surface area contributed by atoms with Crippen LogP contribution < -0.4 is 10.5 Å². The van der Waals surface area contributed by atoms with E-state index in [0.717, 1.165) is 6.42 Å². The predicted octanol–water partition coefficient (Wildman–Crippen LogP) is 3.42. The SMILES string of the molecule is CO/N=C/c1c(N)ncnc1Oc1ccc(Cc2ccccc2)cc1. The fourth-order valence-electron chi connectivity index (χ4n) is 2.32. The monoisotopic (exact) mass is 334 g/mol. The molecule has 126 valence electrons. The van der Waals surface area contributed by atoms with E-state index in [0.29, 0.717) is 17.2 Å². The minimum absolute atomic E-state index is 0.270. The van der Waals surface area contributed by atoms with Crippen LogP contribution >= 0.6 is 0 Å². The van der Waals surface area contributed by atoms with Gasteiger partial charge in [-0.1, -0.05) is 47.6 Å². The van der Waals surface area contributed by atoms with Gasteiger partial charge in [0.25, 0.3) is 0 Å². The summed E-state index contributed by atoms with van der Waals surface area (Å²) in [4.78, 5) is 12.7. The van der Waals surface area contributed by atoms with Crippen molar-refractivity contribution in [3.05, 3.63) is 77.6 Å². The zero-order chi connectivity index (χ0) is 17.5. The quantitative estimate of drug-likeness (QED) is 0.552. The molecular weight excluding hydrogens is 316 g/mol. The highest BCUT2D eigenvalue weighted by Gasteiger charge is 2.10. The summed E-state index contributed by atoms with van der Waals surface area (Å²) in [5.41, 5.74) is 8.78. The third-order valence-corrected chi connectivity index (χ3v) is 3.55. The second-order valence-electron chi connectivity index (χ2n) is 5.30. The summed E-state index contributed by atoms with van der Waals surface area (Å²) in [6.45, 7) is 0. The van der Waals surface area contributed by atoms with Crippen molar-refractivity contribution in [2.24, 2.45) is 5.16 Å². The van der Waals surface area contributed by atoms with Crippen molar-refractivity contribution in [3.8, 4) is 11.6 Å². The first-order valence-electron chi connectivity index (χ1n) is 7.74. The molecule has 0 spiro atoms. The number of nitrogens with zero attached hydrogens (tertiary/aromatic N) is 3. The molecule has 1 aromatic heterocycles. The van der Waals surface area contributed by atoms with Crippen LogP contribution in [-0.4, -0.2) is 23.3 Å². The van der Waals surface area contributed by atoms with Gasteiger partial charge in [0.1, 0.15) is 30.6 Å². The van der Waals surface area contributed by atoms with Gasteiger partial charge < -0.3 is 15.3 Å². The molecule has 0 bridgehead atoms. The van der Waals surface area contributed by atoms with Gasteiger partial charge in [0, 0.05) is 0 Å². The average Bonchev–Trinajstić information content (AvgIpc) is 2.64. The van der Waals surface area contributed by atoms with E-state index in [2.05, 4.69) is 32.1 Å². The summed E-state index contributed by atoms with van der Waals surface area (Å²) in [5, 5.41) is 3.70. The molecule has 0 fully saturated rings. The van der Waals surface area contributed by atoms with Crippen LogP contribution in [0.2, 0.25) is 0 Å². The molecule has 2 N–H and O–H groups in total. The molecule has 6 heteroatoms. The lowest BCUT2D eigenvalue weighted by atomic mass is 10.1. The highest BCUT2D eigenvalue weighted by molar-refractivity contribution is 5.88. The second-order valence-corrected chi connectivity index (χ2v) is 5.30. The lowest BCUT2D eigenvalue weighted by Crippen LogP contribution is -2.02. The molecule has 0 saturated carbocycles. The molecular formula is C19H18N4O2. The van der Waals surface area contributed by atoms with Crippen molar-refractivity contribution in [1.29, 1.82) is 0 Å². The molecule has 0 aliphatic rings. The zero-order valence-electron chi connectivity index (χ0n) is 13.8. The number of ether oxygens (including phenoxy) is 1. The summed E-state index contributed by atoms with van der Waals surface area (Å²) >= 11 is 0. The third kappa shape index (κ3) is 4.32. The number of nitrogens with two attached hydrogens (primary N) is 1. The van der Waals surface area contributed by atoms with Gasteiger partial charge in [-0.15, -0.1) is 0 Å². The topological polar surface area (TPSA) is 82.6 Å². The number of hydrogen-bond donors (Lipinski definition) is 1. The minimum atomic E-state index is 0.270. The van der Waals surface area contributed by atoms with Gasteiger partial charge in [-0.3, -0.25) is 0 Å². The van der Waals surface area contributed by atoms with Crippen LogP contribution in [0.3, 0.4) is 0 Å². The van der Waals surface area contributed by atoms with Crippen LogP contribution in [0.5, 0.6) is 11.6 Å². The lowest BCUT2D eigenvalue weighted by Gasteiger charge is -2.09. The van der Waals surface area contributed by atoms with Crippen LogP contribution in [0.25, 0.3) is 0 Å². The average molecular weight is 334 g/mol. The maximum Gasteiger partial charge on any atom is 0.233 e. The van der Waals surface area contributed by atoms with Crippen molar-refractivity contribution in [2.75, 3.05) is 12.8 Å². The minimum Gasteiger partial charge on any atom is -0.438 e. The van der Waals surface area contributed by atoms with Crippen LogP contribution in [-0.2, 0) is 11.3 Å². The van der Waals surface area contributed by atoms with E-state index in [1.54, 1.807) is 0 Å². The molecule has 0 aliphatic carbocycles. The maximum absolute atomic E-state index is 5.85. The summed E-state index contributed by atoms with van der Waals surface area (Å²) in [5.74, 6) is 1.25. The summed E-state index contributed by atoms with van der Waals surface area (Å²) in [6.07, 6.45) is 3.64. The van der Waals surface area contributed by atoms with Crippen molar-refractivity contribution in [1.82, 2.24) is 9.97 Å². The number of rotatable bonds is 6. The number of anilines is 1. The first kappa shape index (κ1) is 16.4. The number of benzene rings is 2. The van der Waals surface area contributed by atoms with E-state index in [1.165, 1.54) is 30.8 Å². The Morgan fingerprint density at radius 3 is 2.44 bits per heavy atom. The maximum atomic E-state index is 5.85. The molecule has 25 heavy (non-hydrogen) atoms. The molecule has 3 rings (SSSR count). The molecule has 2 aromatic carbocycles. The summed E-state index contributed by atoms with van der Waals surface area (Å²) in [6, 6.07) is 18.1. The van der Waals surface area contributed by atoms with Crippen LogP contribution in [0, 0.1) is 0 Å². The molecule has 0 saturated heterocycles. The van der Waals surface area contributed by atoms with Gasteiger partial charge in [-0.2, -0.15) is 0 Å². The van der Waals surface area contributed by atoms with Crippen molar-refractivity contribution in [3.63, 3.8) is 0 Å². The summed E-state index contributed by atoms with van der Waals surface area (Å²) in [7, 11) is 1.45. The normalized spacial score (nSPS) is 10.8. The Morgan fingerprint density at radius 1 is 1.00 bits per heavy atom. The highest BCUT2D eigenvalue weighted by Crippen LogP contribution is 2.25. The molecule has 3 aromatic rings. The van der Waals surface area contributed by atoms with E-state index in [-0.39, 0.29) is 5.82 Å². The van der Waals surface area contributed by atoms with Crippen molar-refractivity contribution < 1.29 is 9.57 Å². The van der Waals surface area contributed by atoms with Gasteiger partial charge in [0.05, 0.1) is 6.21 Å². The van der Waals surface area contributed by atoms with E-state index in [1.807, 2.05) is 42.5 Å². The first-order chi connectivity index (χ1) is 12.3. The van der Waals surface area contributed by atoms with Gasteiger partial charge in [-0.05, 0) is 29.7 Å². The van der Waals surface area contributed by atoms with Crippen LogP contribution in [0.4, 0.5) is 5.82 Å². The van der Waals surface area contributed by atoms with Gasteiger partial charge in [0.15, 0.2) is 0 Å². The fourth-order valence-corrected chi connectivity index (χ4v) is 2.32. The Balaban J connectivity index is 1.76. The molecule has 0 unspecified atom stereocenters. The highest BCUT2D eigenvalue weighted by atomic mass is 16.6. The van der Waals surface area contributed by atoms with Gasteiger partial charge in [0.2, 0.25) is 5.88 Å². The molecule has 0 radical (unpaired) electrons. The van der Waals surface area contributed by atoms with E-state index in [4.69, 9.17) is 10.5 Å². The lowest BCUT2D eigenvalue weighted by molar-refractivity contribution is 0.215. The molecule has 0 atom stereocenters. The third-order valence-electron chi connectivity index (χ3n) is 3.55. The van der Waals surface area contributed by atoms with Crippen molar-refractivity contribution in [2.45, 2.75) is 6.42 Å². The number of oxime groups is 1. The van der Waals surface area contributed by atoms with Crippen LogP contribution in [0.1, 0.15) is 16.7 Å². The Bertz CT molecular complexity index is 849. The Hall–Kier alpha value is -3.41. The zero-order valence-corrected chi connectivity index (χ0v) is 13.8. The van der Waals surface area contributed by atoms with Gasteiger partial charge >= 0.3 is 0 Å². The Kier molecular flexibility index (Phi) is 5.21. The molecule has 0 aliphatic heterocycles. The molecule has 0 amide bonds. The van der Waals surface area contributed by atoms with Gasteiger partial charge in [-0.25, -0.2) is 9.97 Å². The van der Waals surface area contributed by atoms with E-state index >= 15 is 0 Å². The predicted molar refractivity (Wildman–Crippen MR) is 96.8 cm³/mol. The van der Waals surface area contributed by atoms with E-state index < -0.39 is 0 Å². The number of nitrogen functional groups attached to an aromatic ring is 1. The standard InChI is InChI=1S/C19H18N4O2/c1-24-23-12-17-18(20)21-13-22-19(17)25-16-9-7-15(8-10-16)11-14-5-3-2-4-6-14/h2-10,12-13H,11H2,1H3,(H2,20,21,22)/b23-12+. The van der Waals surface area contributed by atoms with Crippen LogP contribution in [0.15, 0.2) is 66.1 Å². The fraction of sp³-hybridized carbons (Fsp3) is 0.105. The summed E-state index contributed by atoms with van der Waals surface area (Å²) < 4.78 is 5.81. The Morgan fingerprint density at radius 2 is 1.72 bits per heavy atom. The number of hydrogen-bond acceptors (Lipinski definition) is 6. The Labute approximate surface area is 145 Å². The van der Waals surface area contributed by atoms with Crippen molar-refractivity contribution >= 4 is 12.0 Å². The van der Waals surface area contributed by atoms with E-state index in [9.17, 15) is 0 Å². The largest absolute Gasteiger partial charge is 0.438 e. The molecule has 1 heterocycles. The number of aromatic nitrogens is 2.